The second-order valence-corrected chi connectivity index (χ2v) is 4.98. The van der Waals surface area contributed by atoms with Gasteiger partial charge in [0.15, 0.2) is 0 Å². The van der Waals surface area contributed by atoms with Crippen molar-refractivity contribution in [2.45, 2.75) is 52.5 Å². The van der Waals surface area contributed by atoms with Crippen molar-refractivity contribution in [3.63, 3.8) is 0 Å². The molecular weight excluding hydrogens is 182 g/mol. The quantitative estimate of drug-likeness (QED) is 0.803. The second-order valence-electron chi connectivity index (χ2n) is 4.98. The molecule has 1 heteroatoms. The molecule has 0 aromatic heterocycles. The van der Waals surface area contributed by atoms with E-state index in [1.54, 1.807) is 0 Å². The van der Waals surface area contributed by atoms with Gasteiger partial charge in [0.2, 0.25) is 0 Å². The Hall–Kier alpha value is -0.820. The van der Waals surface area contributed by atoms with Crippen molar-refractivity contribution in [3.8, 4) is 0 Å². The van der Waals surface area contributed by atoms with E-state index in [9.17, 15) is 0 Å². The molecule has 0 spiro atoms. The van der Waals surface area contributed by atoms with Crippen LogP contribution in [-0.4, -0.2) is 5.54 Å². The third-order valence-corrected chi connectivity index (χ3v) is 2.69. The van der Waals surface area contributed by atoms with Gasteiger partial charge in [0.25, 0.3) is 0 Å². The Labute approximate surface area is 93.7 Å². The highest BCUT2D eigenvalue weighted by Gasteiger charge is 2.12. The summed E-state index contributed by atoms with van der Waals surface area (Å²) in [6.45, 7) is 8.58. The zero-order valence-corrected chi connectivity index (χ0v) is 10.4. The first-order valence-electron chi connectivity index (χ1n) is 5.86. The van der Waals surface area contributed by atoms with Crippen molar-refractivity contribution in [2.24, 2.45) is 5.73 Å². The molecule has 0 atom stereocenters. The topological polar surface area (TPSA) is 26.0 Å². The van der Waals surface area contributed by atoms with Gasteiger partial charge in [0, 0.05) is 5.54 Å². The van der Waals surface area contributed by atoms with E-state index >= 15 is 0 Å². The average Bonchev–Trinajstić information content (AvgIpc) is 2.15. The van der Waals surface area contributed by atoms with Crippen molar-refractivity contribution >= 4 is 0 Å². The number of nitrogens with two attached hydrogens (primary N) is 1. The van der Waals surface area contributed by atoms with E-state index < -0.39 is 0 Å². The fourth-order valence-electron chi connectivity index (χ4n) is 1.99. The van der Waals surface area contributed by atoms with Crippen LogP contribution in [0, 0.1) is 0 Å². The average molecular weight is 205 g/mol. The van der Waals surface area contributed by atoms with E-state index in [-0.39, 0.29) is 5.54 Å². The minimum Gasteiger partial charge on any atom is -0.325 e. The fraction of sp³-hybridized carbons (Fsp3) is 0.571. The first-order chi connectivity index (χ1) is 6.96. The lowest BCUT2D eigenvalue weighted by Gasteiger charge is -2.19. The lowest BCUT2D eigenvalue weighted by Crippen LogP contribution is -2.34. The molecule has 0 bridgehead atoms. The minimum absolute atomic E-state index is 0.112. The molecule has 0 heterocycles. The van der Waals surface area contributed by atoms with Crippen LogP contribution in [0.4, 0.5) is 0 Å². The third kappa shape index (κ3) is 3.67. The number of hydrogen-bond acceptors (Lipinski definition) is 1. The number of aryl methyl sites for hydroxylation is 2. The van der Waals surface area contributed by atoms with Crippen molar-refractivity contribution in [3.05, 3.63) is 34.9 Å². The highest BCUT2D eigenvalue weighted by Crippen LogP contribution is 2.17. The van der Waals surface area contributed by atoms with E-state index in [0.717, 1.165) is 19.3 Å². The molecule has 1 aromatic carbocycles. The standard InChI is InChI=1S/C14H23N/c1-5-12-8-7-11(9-13(12)6-2)10-14(3,4)15/h7-9H,5-6,10,15H2,1-4H3. The zero-order chi connectivity index (χ0) is 11.5. The normalized spacial score (nSPS) is 11.8. The monoisotopic (exact) mass is 205 g/mol. The largest absolute Gasteiger partial charge is 0.325 e. The highest BCUT2D eigenvalue weighted by atomic mass is 14.7. The van der Waals surface area contributed by atoms with Gasteiger partial charge in [-0.3, -0.25) is 0 Å². The summed E-state index contributed by atoms with van der Waals surface area (Å²) in [5, 5.41) is 0. The maximum absolute atomic E-state index is 6.03. The molecule has 0 aliphatic carbocycles. The lowest BCUT2D eigenvalue weighted by atomic mass is 9.92. The van der Waals surface area contributed by atoms with Gasteiger partial charge in [-0.15, -0.1) is 0 Å². The molecule has 1 aromatic rings. The van der Waals surface area contributed by atoms with Gasteiger partial charge in [-0.25, -0.2) is 0 Å². The summed E-state index contributed by atoms with van der Waals surface area (Å²) in [5.41, 5.74) is 10.2. The van der Waals surface area contributed by atoms with Crippen LogP contribution in [0.15, 0.2) is 18.2 Å². The Bertz CT molecular complexity index is 321. The SMILES string of the molecule is CCc1ccc(CC(C)(C)N)cc1CC. The molecule has 84 valence electrons. The smallest absolute Gasteiger partial charge is 0.0138 e. The van der Waals surface area contributed by atoms with Gasteiger partial charge >= 0.3 is 0 Å². The van der Waals surface area contributed by atoms with Gasteiger partial charge in [-0.2, -0.15) is 0 Å². The molecule has 0 saturated carbocycles. The Morgan fingerprint density at radius 2 is 1.67 bits per heavy atom. The van der Waals surface area contributed by atoms with E-state index in [1.165, 1.54) is 16.7 Å². The molecule has 0 radical (unpaired) electrons. The Morgan fingerprint density at radius 3 is 2.13 bits per heavy atom. The van der Waals surface area contributed by atoms with E-state index in [2.05, 4.69) is 45.9 Å². The number of hydrogen-bond donors (Lipinski definition) is 1. The summed E-state index contributed by atoms with van der Waals surface area (Å²) < 4.78 is 0. The predicted molar refractivity (Wildman–Crippen MR) is 67.2 cm³/mol. The maximum Gasteiger partial charge on any atom is 0.0138 e. The van der Waals surface area contributed by atoms with Crippen molar-refractivity contribution < 1.29 is 0 Å². The Balaban J connectivity index is 2.93. The summed E-state index contributed by atoms with van der Waals surface area (Å²) in [7, 11) is 0. The maximum atomic E-state index is 6.03. The molecule has 0 amide bonds. The summed E-state index contributed by atoms with van der Waals surface area (Å²) in [5.74, 6) is 0. The highest BCUT2D eigenvalue weighted by molar-refractivity contribution is 5.33. The Morgan fingerprint density at radius 1 is 1.07 bits per heavy atom. The van der Waals surface area contributed by atoms with Crippen LogP contribution in [0.25, 0.3) is 0 Å². The molecule has 1 nitrogen and oxygen atoms in total. The van der Waals surface area contributed by atoms with Crippen LogP contribution in [0.2, 0.25) is 0 Å². The van der Waals surface area contributed by atoms with Crippen LogP contribution in [0.1, 0.15) is 44.4 Å². The first-order valence-corrected chi connectivity index (χ1v) is 5.86. The molecule has 1 rings (SSSR count). The van der Waals surface area contributed by atoms with Crippen LogP contribution >= 0.6 is 0 Å². The van der Waals surface area contributed by atoms with Crippen LogP contribution in [0.3, 0.4) is 0 Å². The number of rotatable bonds is 4. The molecule has 15 heavy (non-hydrogen) atoms. The zero-order valence-electron chi connectivity index (χ0n) is 10.4. The van der Waals surface area contributed by atoms with Gasteiger partial charge in [-0.05, 0) is 49.8 Å². The lowest BCUT2D eigenvalue weighted by molar-refractivity contribution is 0.516. The number of benzene rings is 1. The van der Waals surface area contributed by atoms with Gasteiger partial charge in [0.1, 0.15) is 0 Å². The molecule has 2 N–H and O–H groups in total. The van der Waals surface area contributed by atoms with E-state index in [1.807, 2.05) is 0 Å². The van der Waals surface area contributed by atoms with Gasteiger partial charge in [0.05, 0.1) is 0 Å². The van der Waals surface area contributed by atoms with Gasteiger partial charge in [-0.1, -0.05) is 32.0 Å². The molecule has 0 saturated heterocycles. The van der Waals surface area contributed by atoms with Crippen molar-refractivity contribution in [1.29, 1.82) is 0 Å². The molecular formula is C14H23N. The predicted octanol–water partition coefficient (Wildman–Crippen LogP) is 3.09. The molecule has 0 fully saturated rings. The summed E-state index contributed by atoms with van der Waals surface area (Å²) >= 11 is 0. The molecule has 0 unspecified atom stereocenters. The van der Waals surface area contributed by atoms with Crippen LogP contribution in [0.5, 0.6) is 0 Å². The summed E-state index contributed by atoms with van der Waals surface area (Å²) in [4.78, 5) is 0. The van der Waals surface area contributed by atoms with Crippen LogP contribution < -0.4 is 5.73 Å². The van der Waals surface area contributed by atoms with Gasteiger partial charge < -0.3 is 5.73 Å². The summed E-state index contributed by atoms with van der Waals surface area (Å²) in [6.07, 6.45) is 3.18. The Kier molecular flexibility index (Phi) is 3.92. The molecule has 0 aliphatic rings. The minimum atomic E-state index is -0.112. The van der Waals surface area contributed by atoms with Crippen molar-refractivity contribution in [1.82, 2.24) is 0 Å². The third-order valence-electron chi connectivity index (χ3n) is 2.69. The second kappa shape index (κ2) is 4.80. The fourth-order valence-corrected chi connectivity index (χ4v) is 1.99. The summed E-state index contributed by atoms with van der Waals surface area (Å²) in [6, 6.07) is 6.78. The first kappa shape index (κ1) is 12.3. The van der Waals surface area contributed by atoms with Crippen molar-refractivity contribution in [2.75, 3.05) is 0 Å². The van der Waals surface area contributed by atoms with Crippen LogP contribution in [-0.2, 0) is 19.3 Å². The van der Waals surface area contributed by atoms with E-state index in [4.69, 9.17) is 5.73 Å². The molecule has 0 aliphatic heterocycles. The van der Waals surface area contributed by atoms with E-state index in [0.29, 0.717) is 0 Å².